The third kappa shape index (κ3) is 8.05. The summed E-state index contributed by atoms with van der Waals surface area (Å²) in [6.45, 7) is 6.41. The van der Waals surface area contributed by atoms with Crippen molar-refractivity contribution in [3.63, 3.8) is 0 Å². The Balaban J connectivity index is 3.99. The van der Waals surface area contributed by atoms with E-state index >= 15 is 0 Å². The minimum absolute atomic E-state index is 0.103. The summed E-state index contributed by atoms with van der Waals surface area (Å²) in [5.74, 6) is -0.666. The lowest BCUT2D eigenvalue weighted by molar-refractivity contribution is -0.138. The number of alkyl halides is 3. The van der Waals surface area contributed by atoms with Gasteiger partial charge < -0.3 is 5.32 Å². The third-order valence-corrected chi connectivity index (χ3v) is 1.63. The Morgan fingerprint density at radius 3 is 2.12 bits per heavy atom. The largest absolute Gasteiger partial charge is 0.405 e. The maximum Gasteiger partial charge on any atom is 0.405 e. The lowest BCUT2D eigenvalue weighted by Crippen LogP contribution is -2.41. The van der Waals surface area contributed by atoms with Crippen molar-refractivity contribution in [2.45, 2.75) is 6.18 Å². The van der Waals surface area contributed by atoms with Gasteiger partial charge in [0.1, 0.15) is 6.54 Å². The molecule has 0 aromatic rings. The average Bonchev–Trinajstić information content (AvgIpc) is 2.14. The summed E-state index contributed by atoms with van der Waals surface area (Å²) in [6, 6.07) is 0. The van der Waals surface area contributed by atoms with Gasteiger partial charge in [-0.1, -0.05) is 12.2 Å². The van der Waals surface area contributed by atoms with Crippen LogP contribution >= 0.6 is 0 Å². The van der Waals surface area contributed by atoms with Gasteiger partial charge in [-0.3, -0.25) is 9.69 Å². The molecule has 0 unspecified atom stereocenters. The summed E-state index contributed by atoms with van der Waals surface area (Å²) >= 11 is 0. The van der Waals surface area contributed by atoms with Crippen molar-refractivity contribution in [1.29, 1.82) is 0 Å². The predicted molar refractivity (Wildman–Crippen MR) is 55.9 cm³/mol. The van der Waals surface area contributed by atoms with Crippen LogP contribution in [0.2, 0.25) is 0 Å². The Morgan fingerprint density at radius 1 is 1.25 bits per heavy atom. The number of nitrogens with zero attached hydrogens (tertiary/aromatic N) is 1. The summed E-state index contributed by atoms with van der Waals surface area (Å²) in [5.41, 5.74) is 0. The van der Waals surface area contributed by atoms with Crippen LogP contribution in [0.3, 0.4) is 0 Å². The fourth-order valence-corrected chi connectivity index (χ4v) is 1.03. The van der Waals surface area contributed by atoms with Gasteiger partial charge in [0, 0.05) is 13.1 Å². The monoisotopic (exact) mass is 236 g/mol. The van der Waals surface area contributed by atoms with Gasteiger partial charge in [0.05, 0.1) is 6.54 Å². The maximum atomic E-state index is 11.8. The van der Waals surface area contributed by atoms with Gasteiger partial charge in [0.15, 0.2) is 0 Å². The molecule has 0 spiro atoms. The van der Waals surface area contributed by atoms with Crippen LogP contribution in [0.4, 0.5) is 13.2 Å². The number of rotatable bonds is 7. The van der Waals surface area contributed by atoms with Crippen LogP contribution < -0.4 is 5.32 Å². The summed E-state index contributed by atoms with van der Waals surface area (Å²) in [4.78, 5) is 12.7. The predicted octanol–water partition coefficient (Wildman–Crippen LogP) is 1.34. The molecule has 0 bridgehead atoms. The summed E-state index contributed by atoms with van der Waals surface area (Å²) in [5, 5.41) is 1.80. The smallest absolute Gasteiger partial charge is 0.346 e. The van der Waals surface area contributed by atoms with Gasteiger partial charge in [-0.25, -0.2) is 0 Å². The molecule has 0 aliphatic carbocycles. The van der Waals surface area contributed by atoms with Crippen LogP contribution in [0.15, 0.2) is 25.3 Å². The second-order valence-electron chi connectivity index (χ2n) is 3.16. The molecular weight excluding hydrogens is 221 g/mol. The zero-order valence-electron chi connectivity index (χ0n) is 8.89. The number of halogens is 3. The molecule has 3 nitrogen and oxygen atoms in total. The number of carbonyl (C=O) groups excluding carboxylic acids is 1. The highest BCUT2D eigenvalue weighted by molar-refractivity contribution is 5.78. The molecule has 0 aliphatic rings. The van der Waals surface area contributed by atoms with E-state index in [-0.39, 0.29) is 6.54 Å². The van der Waals surface area contributed by atoms with Gasteiger partial charge in [0.2, 0.25) is 5.91 Å². The lowest BCUT2D eigenvalue weighted by Gasteiger charge is -2.18. The quantitative estimate of drug-likeness (QED) is 0.676. The van der Waals surface area contributed by atoms with E-state index in [0.29, 0.717) is 13.1 Å². The molecule has 0 saturated carbocycles. The Kier molecular flexibility index (Phi) is 6.48. The summed E-state index contributed by atoms with van der Waals surface area (Å²) in [6.07, 6.45) is -1.24. The van der Waals surface area contributed by atoms with Crippen LogP contribution in [0, 0.1) is 0 Å². The molecule has 92 valence electrons. The first kappa shape index (κ1) is 14.7. The topological polar surface area (TPSA) is 32.3 Å². The van der Waals surface area contributed by atoms with Crippen LogP contribution in [-0.2, 0) is 4.79 Å². The van der Waals surface area contributed by atoms with Crippen molar-refractivity contribution in [3.8, 4) is 0 Å². The second-order valence-corrected chi connectivity index (χ2v) is 3.16. The Labute approximate surface area is 92.6 Å². The molecule has 0 aromatic heterocycles. The van der Waals surface area contributed by atoms with Crippen molar-refractivity contribution in [2.75, 3.05) is 26.2 Å². The number of carbonyl (C=O) groups is 1. The van der Waals surface area contributed by atoms with Crippen LogP contribution in [0.25, 0.3) is 0 Å². The first-order valence-electron chi connectivity index (χ1n) is 4.66. The van der Waals surface area contributed by atoms with Gasteiger partial charge in [-0.2, -0.15) is 13.2 Å². The Morgan fingerprint density at radius 2 is 1.75 bits per heavy atom. The first-order chi connectivity index (χ1) is 7.39. The fraction of sp³-hybridized carbons (Fsp3) is 0.500. The number of hydrogen-bond acceptors (Lipinski definition) is 2. The van der Waals surface area contributed by atoms with E-state index in [1.165, 1.54) is 0 Å². The van der Waals surface area contributed by atoms with E-state index in [1.54, 1.807) is 22.4 Å². The molecule has 6 heteroatoms. The van der Waals surface area contributed by atoms with Gasteiger partial charge >= 0.3 is 6.18 Å². The summed E-state index contributed by atoms with van der Waals surface area (Å²) < 4.78 is 35.4. The average molecular weight is 236 g/mol. The molecule has 1 amide bonds. The third-order valence-electron chi connectivity index (χ3n) is 1.63. The van der Waals surface area contributed by atoms with Gasteiger partial charge in [-0.15, -0.1) is 13.2 Å². The standard InChI is InChI=1S/C10H15F3N2O/c1-3-5-15(6-4-2)7-9(16)14-8-10(11,12)13/h3-4H,1-2,5-8H2,(H,14,16). The van der Waals surface area contributed by atoms with Crippen LogP contribution in [-0.4, -0.2) is 43.2 Å². The normalized spacial score (nSPS) is 11.2. The maximum absolute atomic E-state index is 11.8. The molecule has 16 heavy (non-hydrogen) atoms. The molecular formula is C10H15F3N2O. The van der Waals surface area contributed by atoms with Crippen molar-refractivity contribution < 1.29 is 18.0 Å². The van der Waals surface area contributed by atoms with E-state index in [1.807, 2.05) is 0 Å². The first-order valence-corrected chi connectivity index (χ1v) is 4.66. The minimum Gasteiger partial charge on any atom is -0.346 e. The second kappa shape index (κ2) is 7.05. The molecule has 0 radical (unpaired) electrons. The number of amides is 1. The molecule has 0 heterocycles. The minimum atomic E-state index is -4.38. The Hall–Kier alpha value is -1.30. The molecule has 0 aromatic carbocycles. The lowest BCUT2D eigenvalue weighted by atomic mass is 10.4. The van der Waals surface area contributed by atoms with E-state index in [2.05, 4.69) is 13.2 Å². The number of hydrogen-bond donors (Lipinski definition) is 1. The zero-order chi connectivity index (χ0) is 12.6. The van der Waals surface area contributed by atoms with Crippen molar-refractivity contribution in [2.24, 2.45) is 0 Å². The molecule has 1 N–H and O–H groups in total. The van der Waals surface area contributed by atoms with Crippen LogP contribution in [0.5, 0.6) is 0 Å². The Bertz CT molecular complexity index is 241. The van der Waals surface area contributed by atoms with Crippen molar-refractivity contribution in [1.82, 2.24) is 10.2 Å². The fourth-order valence-electron chi connectivity index (χ4n) is 1.03. The highest BCUT2D eigenvalue weighted by Gasteiger charge is 2.27. The van der Waals surface area contributed by atoms with Crippen molar-refractivity contribution in [3.05, 3.63) is 25.3 Å². The van der Waals surface area contributed by atoms with E-state index in [4.69, 9.17) is 0 Å². The molecule has 0 atom stereocenters. The van der Waals surface area contributed by atoms with E-state index in [9.17, 15) is 18.0 Å². The highest BCUT2D eigenvalue weighted by atomic mass is 19.4. The molecule has 0 aliphatic heterocycles. The molecule has 0 saturated heterocycles. The van der Waals surface area contributed by atoms with Crippen LogP contribution in [0.1, 0.15) is 0 Å². The number of nitrogens with one attached hydrogen (secondary N) is 1. The molecule has 0 rings (SSSR count). The van der Waals surface area contributed by atoms with Crippen molar-refractivity contribution >= 4 is 5.91 Å². The van der Waals surface area contributed by atoms with E-state index in [0.717, 1.165) is 0 Å². The van der Waals surface area contributed by atoms with Gasteiger partial charge in [-0.05, 0) is 0 Å². The highest BCUT2D eigenvalue weighted by Crippen LogP contribution is 2.11. The molecule has 0 fully saturated rings. The SMILES string of the molecule is C=CCN(CC=C)CC(=O)NCC(F)(F)F. The van der Waals surface area contributed by atoms with Gasteiger partial charge in [0.25, 0.3) is 0 Å². The zero-order valence-corrected chi connectivity index (χ0v) is 8.89. The van der Waals surface area contributed by atoms with E-state index < -0.39 is 18.6 Å². The summed E-state index contributed by atoms with van der Waals surface area (Å²) in [7, 11) is 0.